The third-order valence-corrected chi connectivity index (χ3v) is 4.97. The van der Waals surface area contributed by atoms with Gasteiger partial charge >= 0.3 is 0 Å². The smallest absolute Gasteiger partial charge is 0.0565 e. The van der Waals surface area contributed by atoms with Gasteiger partial charge in [0.25, 0.3) is 0 Å². The summed E-state index contributed by atoms with van der Waals surface area (Å²) in [5.41, 5.74) is 15.8. The highest BCUT2D eigenvalue weighted by Gasteiger charge is 2.18. The summed E-state index contributed by atoms with van der Waals surface area (Å²) < 4.78 is 0. The quantitative estimate of drug-likeness (QED) is 0.853. The molecule has 1 nitrogen and oxygen atoms in total. The maximum Gasteiger partial charge on any atom is 0.0565 e. The molecule has 1 aromatic carbocycles. The number of nitrogens with two attached hydrogens (primary N) is 1. The topological polar surface area (TPSA) is 26.0 Å². The van der Waals surface area contributed by atoms with Crippen LogP contribution >= 0.6 is 11.3 Å². The van der Waals surface area contributed by atoms with E-state index in [-0.39, 0.29) is 6.04 Å². The van der Waals surface area contributed by atoms with E-state index in [0.29, 0.717) is 0 Å². The van der Waals surface area contributed by atoms with E-state index in [9.17, 15) is 0 Å². The molecule has 0 aliphatic rings. The summed E-state index contributed by atoms with van der Waals surface area (Å²) in [5, 5.41) is 4.24. The molecule has 2 aromatic rings. The van der Waals surface area contributed by atoms with Crippen molar-refractivity contribution in [2.24, 2.45) is 5.73 Å². The van der Waals surface area contributed by atoms with E-state index in [1.807, 2.05) is 0 Å². The fourth-order valence-corrected chi connectivity index (χ4v) is 3.31. The Bertz CT molecular complexity index is 538. The van der Waals surface area contributed by atoms with Gasteiger partial charge in [0, 0.05) is 0 Å². The van der Waals surface area contributed by atoms with Crippen LogP contribution in [0.25, 0.3) is 0 Å². The molecule has 18 heavy (non-hydrogen) atoms. The molecule has 0 saturated carbocycles. The summed E-state index contributed by atoms with van der Waals surface area (Å²) in [5.74, 6) is 0. The van der Waals surface area contributed by atoms with E-state index in [1.54, 1.807) is 11.3 Å². The Morgan fingerprint density at radius 2 is 1.39 bits per heavy atom. The van der Waals surface area contributed by atoms with Crippen molar-refractivity contribution in [2.75, 3.05) is 0 Å². The van der Waals surface area contributed by atoms with Gasteiger partial charge in [-0.25, -0.2) is 0 Å². The van der Waals surface area contributed by atoms with E-state index < -0.39 is 0 Å². The van der Waals surface area contributed by atoms with E-state index in [2.05, 4.69) is 51.4 Å². The first-order chi connectivity index (χ1) is 8.45. The number of benzene rings is 1. The molecule has 0 saturated heterocycles. The molecule has 0 unspecified atom stereocenters. The van der Waals surface area contributed by atoms with Crippen LogP contribution in [0.15, 0.2) is 16.8 Å². The fraction of sp³-hybridized carbons (Fsp3) is 0.375. The molecule has 1 atom stereocenters. The lowest BCUT2D eigenvalue weighted by Crippen LogP contribution is -2.16. The summed E-state index contributed by atoms with van der Waals surface area (Å²) in [6, 6.07) is 2.12. The highest BCUT2D eigenvalue weighted by molar-refractivity contribution is 7.08. The molecule has 1 aromatic heterocycles. The standard InChI is InChI=1S/C16H21NS/c1-9-10(2)12(4)15(13(5)11(9)3)16(17)14-6-7-18-8-14/h6-8,16H,17H2,1-5H3/t16-/m0/s1. The monoisotopic (exact) mass is 259 g/mol. The second-order valence-electron chi connectivity index (χ2n) is 5.07. The normalized spacial score (nSPS) is 12.8. The average molecular weight is 259 g/mol. The molecule has 0 aliphatic heterocycles. The van der Waals surface area contributed by atoms with Crippen molar-refractivity contribution in [3.63, 3.8) is 0 Å². The van der Waals surface area contributed by atoms with Crippen molar-refractivity contribution in [1.29, 1.82) is 0 Å². The van der Waals surface area contributed by atoms with Crippen LogP contribution in [0.5, 0.6) is 0 Å². The molecule has 2 N–H and O–H groups in total. The van der Waals surface area contributed by atoms with Gasteiger partial charge in [-0.3, -0.25) is 0 Å². The summed E-state index contributed by atoms with van der Waals surface area (Å²) >= 11 is 1.71. The largest absolute Gasteiger partial charge is 0.320 e. The first-order valence-corrected chi connectivity index (χ1v) is 7.24. The first kappa shape index (κ1) is 13.3. The molecular weight excluding hydrogens is 238 g/mol. The number of thiophene rings is 1. The van der Waals surface area contributed by atoms with Crippen molar-refractivity contribution >= 4 is 11.3 Å². The van der Waals surface area contributed by atoms with Gasteiger partial charge < -0.3 is 5.73 Å². The van der Waals surface area contributed by atoms with E-state index in [1.165, 1.54) is 38.9 Å². The molecule has 0 bridgehead atoms. The average Bonchev–Trinajstić information content (AvgIpc) is 2.88. The minimum atomic E-state index is -0.00532. The zero-order valence-corrected chi connectivity index (χ0v) is 12.6. The Morgan fingerprint density at radius 3 is 1.83 bits per heavy atom. The molecule has 1 heterocycles. The van der Waals surface area contributed by atoms with Gasteiger partial charge in [-0.05, 0) is 90.4 Å². The Labute approximate surface area is 114 Å². The van der Waals surface area contributed by atoms with Gasteiger partial charge in [0.15, 0.2) is 0 Å². The van der Waals surface area contributed by atoms with Crippen LogP contribution in [0.2, 0.25) is 0 Å². The summed E-state index contributed by atoms with van der Waals surface area (Å²) in [7, 11) is 0. The van der Waals surface area contributed by atoms with E-state index in [4.69, 9.17) is 5.73 Å². The van der Waals surface area contributed by atoms with Crippen LogP contribution in [0.3, 0.4) is 0 Å². The lowest BCUT2D eigenvalue weighted by atomic mass is 9.85. The Kier molecular flexibility index (Phi) is 3.60. The van der Waals surface area contributed by atoms with Crippen LogP contribution in [-0.2, 0) is 0 Å². The van der Waals surface area contributed by atoms with Crippen molar-refractivity contribution in [1.82, 2.24) is 0 Å². The SMILES string of the molecule is Cc1c(C)c(C)c([C@@H](N)c2ccsc2)c(C)c1C. The van der Waals surface area contributed by atoms with Gasteiger partial charge in [-0.2, -0.15) is 11.3 Å². The minimum absolute atomic E-state index is 0.00532. The van der Waals surface area contributed by atoms with Crippen LogP contribution in [0.1, 0.15) is 45.0 Å². The highest BCUT2D eigenvalue weighted by atomic mass is 32.1. The maximum absolute atomic E-state index is 6.46. The van der Waals surface area contributed by atoms with Crippen LogP contribution in [0.4, 0.5) is 0 Å². The molecule has 0 spiro atoms. The molecular formula is C16H21NS. The summed E-state index contributed by atoms with van der Waals surface area (Å²) in [4.78, 5) is 0. The molecule has 0 fully saturated rings. The van der Waals surface area contributed by atoms with Gasteiger partial charge in [0.05, 0.1) is 6.04 Å². The predicted molar refractivity (Wildman–Crippen MR) is 80.5 cm³/mol. The second kappa shape index (κ2) is 4.87. The fourth-order valence-electron chi connectivity index (χ4n) is 2.61. The Morgan fingerprint density at radius 1 is 0.889 bits per heavy atom. The number of hydrogen-bond acceptors (Lipinski definition) is 2. The third kappa shape index (κ3) is 2.00. The second-order valence-corrected chi connectivity index (χ2v) is 5.85. The predicted octanol–water partition coefficient (Wildman–Crippen LogP) is 4.34. The minimum Gasteiger partial charge on any atom is -0.320 e. The van der Waals surface area contributed by atoms with Crippen LogP contribution in [0, 0.1) is 34.6 Å². The van der Waals surface area contributed by atoms with Crippen LogP contribution in [-0.4, -0.2) is 0 Å². The van der Waals surface area contributed by atoms with Gasteiger partial charge in [-0.1, -0.05) is 0 Å². The van der Waals surface area contributed by atoms with Gasteiger partial charge in [-0.15, -0.1) is 0 Å². The lowest BCUT2D eigenvalue weighted by Gasteiger charge is -2.22. The van der Waals surface area contributed by atoms with Gasteiger partial charge in [0.2, 0.25) is 0 Å². The first-order valence-electron chi connectivity index (χ1n) is 6.29. The van der Waals surface area contributed by atoms with Gasteiger partial charge in [0.1, 0.15) is 0 Å². The zero-order valence-electron chi connectivity index (χ0n) is 11.8. The third-order valence-electron chi connectivity index (χ3n) is 4.27. The Hall–Kier alpha value is -1.12. The van der Waals surface area contributed by atoms with E-state index in [0.717, 1.165) is 0 Å². The number of hydrogen-bond donors (Lipinski definition) is 1. The van der Waals surface area contributed by atoms with Crippen molar-refractivity contribution in [3.8, 4) is 0 Å². The molecule has 2 heteroatoms. The molecule has 0 radical (unpaired) electrons. The van der Waals surface area contributed by atoms with Crippen LogP contribution < -0.4 is 5.73 Å². The maximum atomic E-state index is 6.46. The van der Waals surface area contributed by atoms with Crippen molar-refractivity contribution in [2.45, 2.75) is 40.7 Å². The molecule has 0 amide bonds. The zero-order chi connectivity index (χ0) is 13.4. The highest BCUT2D eigenvalue weighted by Crippen LogP contribution is 2.32. The molecule has 96 valence electrons. The van der Waals surface area contributed by atoms with Crippen molar-refractivity contribution < 1.29 is 0 Å². The lowest BCUT2D eigenvalue weighted by molar-refractivity contribution is 0.847. The van der Waals surface area contributed by atoms with E-state index >= 15 is 0 Å². The Balaban J connectivity index is 2.65. The summed E-state index contributed by atoms with van der Waals surface area (Å²) in [6.45, 7) is 11.0. The molecule has 2 rings (SSSR count). The van der Waals surface area contributed by atoms with Crippen molar-refractivity contribution in [3.05, 3.63) is 55.8 Å². The summed E-state index contributed by atoms with van der Waals surface area (Å²) in [6.07, 6.45) is 0. The number of rotatable bonds is 2. The molecule has 0 aliphatic carbocycles.